The molecule has 0 aliphatic carbocycles. The molecule has 1 aromatic heterocycles. The van der Waals surface area contributed by atoms with Gasteiger partial charge < -0.3 is 28.5 Å². The van der Waals surface area contributed by atoms with Crippen LogP contribution in [-0.2, 0) is 25.5 Å². The van der Waals surface area contributed by atoms with Gasteiger partial charge >= 0.3 is 0 Å². The molecule has 0 atom stereocenters. The molecule has 0 bridgehead atoms. The number of morpholine rings is 1. The van der Waals surface area contributed by atoms with Gasteiger partial charge in [0.15, 0.2) is 0 Å². The van der Waals surface area contributed by atoms with Gasteiger partial charge in [0.1, 0.15) is 12.3 Å². The van der Waals surface area contributed by atoms with Crippen molar-refractivity contribution in [2.45, 2.75) is 19.9 Å². The van der Waals surface area contributed by atoms with E-state index < -0.39 is 0 Å². The van der Waals surface area contributed by atoms with E-state index in [0.717, 1.165) is 41.9 Å². The summed E-state index contributed by atoms with van der Waals surface area (Å²) in [6.07, 6.45) is 0.740. The average molecular weight is 418 g/mol. The molecule has 1 aromatic carbocycles. The third-order valence-electron chi connectivity index (χ3n) is 5.10. The molecule has 2 aromatic rings. The van der Waals surface area contributed by atoms with Crippen molar-refractivity contribution in [2.75, 3.05) is 65.2 Å². The van der Waals surface area contributed by atoms with Crippen LogP contribution in [0.3, 0.4) is 0 Å². The molecule has 30 heavy (non-hydrogen) atoms. The molecule has 0 spiro atoms. The summed E-state index contributed by atoms with van der Waals surface area (Å²) in [4.78, 5) is 16.7. The van der Waals surface area contributed by atoms with Crippen molar-refractivity contribution in [2.24, 2.45) is 0 Å². The van der Waals surface area contributed by atoms with E-state index in [1.165, 1.54) is 7.11 Å². The fraction of sp³-hybridized carbons (Fsp3) is 0.545. The molecule has 3 rings (SSSR count). The van der Waals surface area contributed by atoms with Crippen LogP contribution in [0.25, 0.3) is 11.3 Å². The van der Waals surface area contributed by atoms with Crippen molar-refractivity contribution in [1.29, 1.82) is 0 Å². The highest BCUT2D eigenvalue weighted by atomic mass is 16.5. The Morgan fingerprint density at radius 1 is 1.23 bits per heavy atom. The van der Waals surface area contributed by atoms with Crippen LogP contribution >= 0.6 is 0 Å². The van der Waals surface area contributed by atoms with E-state index in [9.17, 15) is 4.79 Å². The fourth-order valence-electron chi connectivity index (χ4n) is 3.57. The van der Waals surface area contributed by atoms with Gasteiger partial charge in [-0.1, -0.05) is 28.9 Å². The molecule has 1 amide bonds. The van der Waals surface area contributed by atoms with Crippen molar-refractivity contribution in [1.82, 2.24) is 10.1 Å². The molecule has 8 heteroatoms. The summed E-state index contributed by atoms with van der Waals surface area (Å²) in [5.74, 6) is 0.634. The number of methoxy groups -OCH3 is 2. The molecule has 1 aliphatic rings. The normalized spacial score (nSPS) is 14.2. The second-order valence-electron chi connectivity index (χ2n) is 7.38. The van der Waals surface area contributed by atoms with Gasteiger partial charge in [0.05, 0.1) is 25.3 Å². The number of aryl methyl sites for hydroxylation is 1. The number of rotatable bonds is 10. The zero-order chi connectivity index (χ0) is 21.3. The standard InChI is InChI=1S/C22H31N3O5/c1-17-6-4-7-18(14-17)21-19(22(30-23-21)24-9-12-29-13-10-24)15-25(8-5-11-27-2)20(26)16-28-3/h4,6-7,14H,5,8-13,15-16H2,1-3H3. The number of ether oxygens (including phenoxy) is 3. The van der Waals surface area contributed by atoms with E-state index in [2.05, 4.69) is 16.1 Å². The lowest BCUT2D eigenvalue weighted by atomic mass is 10.0. The predicted octanol–water partition coefficient (Wildman–Crippen LogP) is 2.50. The molecule has 164 valence electrons. The molecule has 1 fully saturated rings. The first kappa shape index (κ1) is 22.3. The number of amides is 1. The SMILES string of the molecule is COCCCN(Cc1c(-c2cccc(C)c2)noc1N1CCOCC1)C(=O)COC. The summed E-state index contributed by atoms with van der Waals surface area (Å²) in [5, 5.41) is 4.41. The quantitative estimate of drug-likeness (QED) is 0.550. The third kappa shape index (κ3) is 5.59. The molecule has 8 nitrogen and oxygen atoms in total. The monoisotopic (exact) mass is 417 g/mol. The van der Waals surface area contributed by atoms with Crippen LogP contribution in [0.15, 0.2) is 28.8 Å². The first-order chi connectivity index (χ1) is 14.6. The Kier molecular flexibility index (Phi) is 8.24. The minimum absolute atomic E-state index is 0.0327. The molecule has 0 saturated carbocycles. The fourth-order valence-corrected chi connectivity index (χ4v) is 3.57. The number of carbonyl (C=O) groups excluding carboxylic acids is 1. The van der Waals surface area contributed by atoms with E-state index in [0.29, 0.717) is 38.8 Å². The average Bonchev–Trinajstić information content (AvgIpc) is 3.17. The largest absolute Gasteiger partial charge is 0.385 e. The van der Waals surface area contributed by atoms with Crippen LogP contribution in [0, 0.1) is 6.92 Å². The van der Waals surface area contributed by atoms with Gasteiger partial charge in [-0.2, -0.15) is 0 Å². The summed E-state index contributed by atoms with van der Waals surface area (Å²) >= 11 is 0. The summed E-state index contributed by atoms with van der Waals surface area (Å²) in [7, 11) is 3.19. The summed E-state index contributed by atoms with van der Waals surface area (Å²) in [5.41, 5.74) is 3.79. The van der Waals surface area contributed by atoms with Gasteiger partial charge in [0.25, 0.3) is 0 Å². The van der Waals surface area contributed by atoms with Gasteiger partial charge in [-0.3, -0.25) is 4.79 Å². The van der Waals surface area contributed by atoms with Crippen LogP contribution in [0.2, 0.25) is 0 Å². The zero-order valence-electron chi connectivity index (χ0n) is 18.1. The minimum atomic E-state index is -0.0714. The molecule has 0 N–H and O–H groups in total. The van der Waals surface area contributed by atoms with Gasteiger partial charge in [0, 0.05) is 46.0 Å². The highest BCUT2D eigenvalue weighted by molar-refractivity contribution is 5.78. The molecule has 0 radical (unpaired) electrons. The maximum absolute atomic E-state index is 12.7. The summed E-state index contributed by atoms with van der Waals surface area (Å²) in [6.45, 7) is 6.36. The van der Waals surface area contributed by atoms with Crippen molar-refractivity contribution < 1.29 is 23.5 Å². The second-order valence-corrected chi connectivity index (χ2v) is 7.38. The lowest BCUT2D eigenvalue weighted by molar-refractivity contribution is -0.135. The van der Waals surface area contributed by atoms with Crippen molar-refractivity contribution in [3.8, 4) is 11.3 Å². The first-order valence-electron chi connectivity index (χ1n) is 10.3. The van der Waals surface area contributed by atoms with Crippen molar-refractivity contribution in [3.63, 3.8) is 0 Å². The number of aromatic nitrogens is 1. The number of benzene rings is 1. The maximum Gasteiger partial charge on any atom is 0.248 e. The van der Waals surface area contributed by atoms with Crippen molar-refractivity contribution >= 4 is 11.8 Å². The second kappa shape index (κ2) is 11.1. The van der Waals surface area contributed by atoms with Crippen LogP contribution in [0.1, 0.15) is 17.5 Å². The predicted molar refractivity (Wildman–Crippen MR) is 113 cm³/mol. The van der Waals surface area contributed by atoms with Crippen molar-refractivity contribution in [3.05, 3.63) is 35.4 Å². The summed E-state index contributed by atoms with van der Waals surface area (Å²) < 4.78 is 21.6. The van der Waals surface area contributed by atoms with Crippen LogP contribution in [-0.4, -0.2) is 76.2 Å². The van der Waals surface area contributed by atoms with E-state index in [1.807, 2.05) is 25.1 Å². The Morgan fingerprint density at radius 2 is 2.03 bits per heavy atom. The maximum atomic E-state index is 12.7. The molecule has 1 saturated heterocycles. The molecule has 0 unspecified atom stereocenters. The molecular weight excluding hydrogens is 386 g/mol. The van der Waals surface area contributed by atoms with Gasteiger partial charge in [0.2, 0.25) is 11.8 Å². The van der Waals surface area contributed by atoms with E-state index in [1.54, 1.807) is 12.0 Å². The first-order valence-corrected chi connectivity index (χ1v) is 10.3. The minimum Gasteiger partial charge on any atom is -0.385 e. The Balaban J connectivity index is 1.95. The lowest BCUT2D eigenvalue weighted by Crippen LogP contribution is -2.38. The number of carbonyl (C=O) groups is 1. The Labute approximate surface area is 177 Å². The summed E-state index contributed by atoms with van der Waals surface area (Å²) in [6, 6.07) is 8.15. The number of hydrogen-bond donors (Lipinski definition) is 0. The van der Waals surface area contributed by atoms with Crippen LogP contribution in [0.4, 0.5) is 5.88 Å². The molecule has 2 heterocycles. The van der Waals surface area contributed by atoms with Gasteiger partial charge in [-0.25, -0.2) is 0 Å². The smallest absolute Gasteiger partial charge is 0.248 e. The highest BCUT2D eigenvalue weighted by Crippen LogP contribution is 2.33. The number of hydrogen-bond acceptors (Lipinski definition) is 7. The number of nitrogens with zero attached hydrogens (tertiary/aromatic N) is 3. The molecular formula is C22H31N3O5. The van der Waals surface area contributed by atoms with Crippen LogP contribution in [0.5, 0.6) is 0 Å². The van der Waals surface area contributed by atoms with E-state index in [-0.39, 0.29) is 12.5 Å². The zero-order valence-corrected chi connectivity index (χ0v) is 18.1. The molecule has 1 aliphatic heterocycles. The van der Waals surface area contributed by atoms with Crippen LogP contribution < -0.4 is 4.90 Å². The Hall–Kier alpha value is -2.42. The third-order valence-corrected chi connectivity index (χ3v) is 5.10. The number of anilines is 1. The Bertz CT molecular complexity index is 817. The van der Waals surface area contributed by atoms with E-state index in [4.69, 9.17) is 18.7 Å². The lowest BCUT2D eigenvalue weighted by Gasteiger charge is -2.28. The van der Waals surface area contributed by atoms with E-state index >= 15 is 0 Å². The topological polar surface area (TPSA) is 77.3 Å². The van der Waals surface area contributed by atoms with Gasteiger partial charge in [-0.05, 0) is 19.4 Å². The van der Waals surface area contributed by atoms with Gasteiger partial charge in [-0.15, -0.1) is 0 Å². The highest BCUT2D eigenvalue weighted by Gasteiger charge is 2.27. The Morgan fingerprint density at radius 3 is 2.73 bits per heavy atom.